The van der Waals surface area contributed by atoms with E-state index in [9.17, 15) is 13.2 Å². The van der Waals surface area contributed by atoms with Crippen molar-refractivity contribution in [3.05, 3.63) is 47.3 Å². The van der Waals surface area contributed by atoms with Gasteiger partial charge in [-0.05, 0) is 35.9 Å². The minimum atomic E-state index is -3.53. The molecule has 0 unspecified atom stereocenters. The summed E-state index contributed by atoms with van der Waals surface area (Å²) in [7, 11) is -1.72. The van der Waals surface area contributed by atoms with Gasteiger partial charge in [-0.3, -0.25) is 4.79 Å². The van der Waals surface area contributed by atoms with Crippen molar-refractivity contribution in [3.8, 4) is 0 Å². The van der Waals surface area contributed by atoms with Crippen molar-refractivity contribution >= 4 is 33.0 Å². The van der Waals surface area contributed by atoms with E-state index in [0.717, 1.165) is 24.3 Å². The molecule has 0 bridgehead atoms. The van der Waals surface area contributed by atoms with Crippen LogP contribution in [0, 0.1) is 5.92 Å². The summed E-state index contributed by atoms with van der Waals surface area (Å²) in [4.78, 5) is 17.3. The maximum Gasteiger partial charge on any atom is 0.252 e. The molecule has 168 valence electrons. The minimum Gasteiger partial charge on any atom is -0.378 e. The first-order valence-electron chi connectivity index (χ1n) is 10.7. The summed E-state index contributed by atoms with van der Waals surface area (Å²) in [6.45, 7) is 4.31. The Hall–Kier alpha value is -1.94. The molecule has 9 heteroatoms. The Labute approximate surface area is 188 Å². The van der Waals surface area contributed by atoms with Gasteiger partial charge in [0.25, 0.3) is 10.0 Å². The van der Waals surface area contributed by atoms with Crippen LogP contribution in [0.25, 0.3) is 0 Å². The molecule has 1 amide bonds. The van der Waals surface area contributed by atoms with Gasteiger partial charge in [0, 0.05) is 45.5 Å². The van der Waals surface area contributed by atoms with Crippen molar-refractivity contribution in [2.75, 3.05) is 51.3 Å². The Morgan fingerprint density at radius 2 is 1.94 bits per heavy atom. The van der Waals surface area contributed by atoms with Gasteiger partial charge in [0.2, 0.25) is 5.91 Å². The zero-order valence-electron chi connectivity index (χ0n) is 17.8. The van der Waals surface area contributed by atoms with Gasteiger partial charge in [-0.2, -0.15) is 4.31 Å². The molecule has 4 rings (SSSR count). The van der Waals surface area contributed by atoms with Crippen LogP contribution < -0.4 is 4.90 Å². The van der Waals surface area contributed by atoms with Gasteiger partial charge in [-0.15, -0.1) is 11.3 Å². The number of carbonyl (C=O) groups excluding carboxylic acids is 1. The SMILES string of the molecule is CN(Cc1ccccc1N1CCOCC1)C(=O)[C@@H]1CCCN(S(=O)(=O)c2cccs2)C1. The van der Waals surface area contributed by atoms with Gasteiger partial charge in [-0.1, -0.05) is 24.3 Å². The predicted molar refractivity (Wildman–Crippen MR) is 122 cm³/mol. The first kappa shape index (κ1) is 22.3. The molecular weight excluding hydrogens is 434 g/mol. The lowest BCUT2D eigenvalue weighted by Crippen LogP contribution is -2.45. The smallest absolute Gasteiger partial charge is 0.252 e. The van der Waals surface area contributed by atoms with Crippen LogP contribution in [0.3, 0.4) is 0 Å². The number of anilines is 1. The molecular formula is C22H29N3O4S2. The van der Waals surface area contributed by atoms with E-state index >= 15 is 0 Å². The molecule has 7 nitrogen and oxygen atoms in total. The highest BCUT2D eigenvalue weighted by atomic mass is 32.2. The zero-order chi connectivity index (χ0) is 21.8. The first-order valence-corrected chi connectivity index (χ1v) is 13.0. The molecule has 2 aliphatic rings. The number of nitrogens with zero attached hydrogens (tertiary/aromatic N) is 3. The predicted octanol–water partition coefficient (Wildman–Crippen LogP) is 2.64. The van der Waals surface area contributed by atoms with Crippen molar-refractivity contribution in [2.45, 2.75) is 23.6 Å². The van der Waals surface area contributed by atoms with E-state index in [1.165, 1.54) is 15.6 Å². The number of ether oxygens (including phenoxy) is 1. The number of thiophene rings is 1. The lowest BCUT2D eigenvalue weighted by molar-refractivity contribution is -0.135. The van der Waals surface area contributed by atoms with Gasteiger partial charge in [0.05, 0.1) is 19.1 Å². The van der Waals surface area contributed by atoms with Gasteiger partial charge in [0.15, 0.2) is 0 Å². The summed E-state index contributed by atoms with van der Waals surface area (Å²) >= 11 is 1.22. The number of hydrogen-bond donors (Lipinski definition) is 0. The maximum atomic E-state index is 13.2. The van der Waals surface area contributed by atoms with Crippen LogP contribution in [0.4, 0.5) is 5.69 Å². The van der Waals surface area contributed by atoms with E-state index in [1.807, 2.05) is 19.2 Å². The Morgan fingerprint density at radius 1 is 1.16 bits per heavy atom. The molecule has 0 N–H and O–H groups in total. The molecule has 2 fully saturated rings. The monoisotopic (exact) mass is 463 g/mol. The molecule has 1 aromatic heterocycles. The standard InChI is InChI=1S/C22H29N3O4S2/c1-23(16-18-6-2-3-8-20(18)24-11-13-29-14-12-24)22(26)19-7-4-10-25(17-19)31(27,28)21-9-5-15-30-21/h2-3,5-6,8-9,15,19H,4,7,10-14,16-17H2,1H3/t19-/m1/s1. The minimum absolute atomic E-state index is 0.00265. The Balaban J connectivity index is 1.44. The molecule has 1 atom stereocenters. The summed E-state index contributed by atoms with van der Waals surface area (Å²) in [5.74, 6) is -0.313. The summed E-state index contributed by atoms with van der Waals surface area (Å²) in [6, 6.07) is 11.5. The van der Waals surface area contributed by atoms with Crippen LogP contribution >= 0.6 is 11.3 Å². The van der Waals surface area contributed by atoms with Gasteiger partial charge in [0.1, 0.15) is 4.21 Å². The molecule has 0 radical (unpaired) electrons. The zero-order valence-corrected chi connectivity index (χ0v) is 19.4. The summed E-state index contributed by atoms with van der Waals surface area (Å²) in [6.07, 6.45) is 1.41. The second-order valence-corrected chi connectivity index (χ2v) is 11.2. The number of carbonyl (C=O) groups is 1. The maximum absolute atomic E-state index is 13.2. The Kier molecular flexibility index (Phi) is 6.95. The van der Waals surface area contributed by atoms with Crippen LogP contribution in [0.1, 0.15) is 18.4 Å². The molecule has 3 heterocycles. The topological polar surface area (TPSA) is 70.2 Å². The summed E-state index contributed by atoms with van der Waals surface area (Å²) in [5, 5.41) is 1.76. The third-order valence-corrected chi connectivity index (χ3v) is 9.19. The van der Waals surface area contributed by atoms with E-state index in [2.05, 4.69) is 17.0 Å². The summed E-state index contributed by atoms with van der Waals surface area (Å²) in [5.41, 5.74) is 2.23. The molecule has 2 aliphatic heterocycles. The van der Waals surface area contributed by atoms with Gasteiger partial charge < -0.3 is 14.5 Å². The highest BCUT2D eigenvalue weighted by Gasteiger charge is 2.35. The normalized spacial score (nSPS) is 20.5. The van der Waals surface area contributed by atoms with E-state index in [-0.39, 0.29) is 18.4 Å². The third-order valence-electron chi connectivity index (χ3n) is 5.95. The Morgan fingerprint density at radius 3 is 2.68 bits per heavy atom. The van der Waals surface area contributed by atoms with Crippen LogP contribution in [-0.2, 0) is 26.1 Å². The molecule has 31 heavy (non-hydrogen) atoms. The summed E-state index contributed by atoms with van der Waals surface area (Å²) < 4.78 is 33.1. The van der Waals surface area contributed by atoms with E-state index < -0.39 is 10.0 Å². The number of morpholine rings is 1. The quantitative estimate of drug-likeness (QED) is 0.659. The van der Waals surface area contributed by atoms with Gasteiger partial charge >= 0.3 is 0 Å². The number of hydrogen-bond acceptors (Lipinski definition) is 6. The number of benzene rings is 1. The molecule has 0 aliphatic carbocycles. The number of amides is 1. The molecule has 2 aromatic rings. The fourth-order valence-electron chi connectivity index (χ4n) is 4.30. The van der Waals surface area contributed by atoms with Crippen molar-refractivity contribution < 1.29 is 17.9 Å². The van der Waals surface area contributed by atoms with Crippen LogP contribution in [0.5, 0.6) is 0 Å². The van der Waals surface area contributed by atoms with Crippen molar-refractivity contribution in [1.82, 2.24) is 9.21 Å². The average Bonchev–Trinajstić information content (AvgIpc) is 3.35. The van der Waals surface area contributed by atoms with E-state index in [4.69, 9.17) is 4.74 Å². The second kappa shape index (κ2) is 9.68. The number of para-hydroxylation sites is 1. The van der Waals surface area contributed by atoms with Crippen LogP contribution in [0.15, 0.2) is 46.0 Å². The van der Waals surface area contributed by atoms with Gasteiger partial charge in [-0.25, -0.2) is 8.42 Å². The van der Waals surface area contributed by atoms with E-state index in [0.29, 0.717) is 43.4 Å². The number of rotatable bonds is 6. The largest absolute Gasteiger partial charge is 0.378 e. The fraction of sp³-hybridized carbons (Fsp3) is 0.500. The Bertz CT molecular complexity index is 988. The second-order valence-electron chi connectivity index (χ2n) is 8.06. The molecule has 2 saturated heterocycles. The fourth-order valence-corrected chi connectivity index (χ4v) is 6.97. The van der Waals surface area contributed by atoms with Crippen molar-refractivity contribution in [1.29, 1.82) is 0 Å². The highest BCUT2D eigenvalue weighted by Crippen LogP contribution is 2.28. The van der Waals surface area contributed by atoms with Crippen LogP contribution in [-0.4, -0.2) is 70.0 Å². The lowest BCUT2D eigenvalue weighted by Gasteiger charge is -2.34. The molecule has 0 saturated carbocycles. The van der Waals surface area contributed by atoms with E-state index in [1.54, 1.807) is 22.4 Å². The third kappa shape index (κ3) is 4.95. The number of sulfonamides is 1. The van der Waals surface area contributed by atoms with Crippen molar-refractivity contribution in [3.63, 3.8) is 0 Å². The molecule has 0 spiro atoms. The van der Waals surface area contributed by atoms with Crippen LogP contribution in [0.2, 0.25) is 0 Å². The number of piperidine rings is 1. The first-order chi connectivity index (χ1) is 15.0. The van der Waals surface area contributed by atoms with Crippen molar-refractivity contribution in [2.24, 2.45) is 5.92 Å². The highest BCUT2D eigenvalue weighted by molar-refractivity contribution is 7.91. The lowest BCUT2D eigenvalue weighted by atomic mass is 9.98. The average molecular weight is 464 g/mol. The molecule has 1 aromatic carbocycles.